The van der Waals surface area contributed by atoms with Crippen LogP contribution < -0.4 is 0 Å². The third kappa shape index (κ3) is 16.7. The van der Waals surface area contributed by atoms with Crippen molar-refractivity contribution < 1.29 is 0 Å². The highest BCUT2D eigenvalue weighted by molar-refractivity contribution is 5.16. The van der Waals surface area contributed by atoms with Gasteiger partial charge in [-0.25, -0.2) is 0 Å². The molecule has 0 heterocycles. The number of hydrogen-bond acceptors (Lipinski definition) is 0. The van der Waals surface area contributed by atoms with Crippen LogP contribution in [-0.2, 0) is 6.42 Å². The SMILES string of the molecule is C/C=C\C(=C/C)CC.CC.CC.CCc1ccccc1. The lowest BCUT2D eigenvalue weighted by Gasteiger charge is -1.90. The van der Waals surface area contributed by atoms with E-state index in [2.05, 4.69) is 63.3 Å². The van der Waals surface area contributed by atoms with Crippen molar-refractivity contribution in [2.24, 2.45) is 0 Å². The Kier molecular flexibility index (Phi) is 27.1. The van der Waals surface area contributed by atoms with Gasteiger partial charge in [0.2, 0.25) is 0 Å². The van der Waals surface area contributed by atoms with Gasteiger partial charge in [-0.3, -0.25) is 0 Å². The molecule has 0 nitrogen and oxygen atoms in total. The molecule has 0 spiro atoms. The summed E-state index contributed by atoms with van der Waals surface area (Å²) in [6.45, 7) is 16.4. The lowest BCUT2D eigenvalue weighted by Crippen LogP contribution is -1.73. The molecule has 0 radical (unpaired) electrons. The van der Waals surface area contributed by atoms with Gasteiger partial charge in [-0.2, -0.15) is 0 Å². The zero-order valence-corrected chi connectivity index (χ0v) is 15.0. The van der Waals surface area contributed by atoms with Crippen LogP contribution in [0, 0.1) is 0 Å². The second-order valence-electron chi connectivity index (χ2n) is 3.56. The Bertz CT molecular complexity index is 301. The van der Waals surface area contributed by atoms with Crippen LogP contribution in [0.2, 0.25) is 0 Å². The van der Waals surface area contributed by atoms with E-state index in [0.29, 0.717) is 0 Å². The maximum atomic E-state index is 2.16. The minimum absolute atomic E-state index is 1.14. The van der Waals surface area contributed by atoms with Crippen LogP contribution in [0.25, 0.3) is 0 Å². The standard InChI is InChI=1S/C8H10.C8H14.2C2H6/c1-2-8-6-4-3-5-7-8;1-4-7-8(5-2)6-3;2*1-2/h3-7H,2H2,1H3;4-5,7H,6H2,1-3H3;2*1-2H3/b;7-4-,8-5-;;. The Balaban J connectivity index is -0.000000231. The molecule has 0 saturated heterocycles. The van der Waals surface area contributed by atoms with Gasteiger partial charge in [0.25, 0.3) is 0 Å². The summed E-state index contributed by atoms with van der Waals surface area (Å²) >= 11 is 0. The van der Waals surface area contributed by atoms with E-state index >= 15 is 0 Å². The smallest absolute Gasteiger partial charge is 0.0307 e. The molecule has 1 rings (SSSR count). The monoisotopic (exact) mass is 276 g/mol. The molecule has 1 aromatic rings. The number of rotatable bonds is 3. The van der Waals surface area contributed by atoms with E-state index in [-0.39, 0.29) is 0 Å². The van der Waals surface area contributed by atoms with Crippen LogP contribution in [0.1, 0.15) is 67.4 Å². The highest BCUT2D eigenvalue weighted by Crippen LogP contribution is 2.00. The van der Waals surface area contributed by atoms with E-state index in [9.17, 15) is 0 Å². The maximum absolute atomic E-state index is 2.16. The zero-order valence-electron chi connectivity index (χ0n) is 15.0. The molecule has 116 valence electrons. The third-order valence-corrected chi connectivity index (χ3v) is 2.41. The topological polar surface area (TPSA) is 0 Å². The summed E-state index contributed by atoms with van der Waals surface area (Å²) in [4.78, 5) is 0. The fourth-order valence-corrected chi connectivity index (χ4v) is 1.35. The Morgan fingerprint density at radius 1 is 0.900 bits per heavy atom. The van der Waals surface area contributed by atoms with E-state index in [4.69, 9.17) is 0 Å². The van der Waals surface area contributed by atoms with Gasteiger partial charge in [0.1, 0.15) is 0 Å². The highest BCUT2D eigenvalue weighted by atomic mass is 13.9. The summed E-state index contributed by atoms with van der Waals surface area (Å²) in [5.41, 5.74) is 2.82. The summed E-state index contributed by atoms with van der Waals surface area (Å²) < 4.78 is 0. The van der Waals surface area contributed by atoms with Crippen molar-refractivity contribution in [3.05, 3.63) is 59.7 Å². The van der Waals surface area contributed by atoms with E-state index in [1.54, 1.807) is 0 Å². The van der Waals surface area contributed by atoms with Crippen LogP contribution in [0.3, 0.4) is 0 Å². The van der Waals surface area contributed by atoms with Gasteiger partial charge in [0.15, 0.2) is 0 Å². The molecule has 1 aromatic carbocycles. The molecule has 0 unspecified atom stereocenters. The van der Waals surface area contributed by atoms with Crippen molar-refractivity contribution in [1.82, 2.24) is 0 Å². The molecule has 20 heavy (non-hydrogen) atoms. The summed E-state index contributed by atoms with van der Waals surface area (Å²) in [5.74, 6) is 0. The maximum Gasteiger partial charge on any atom is -0.0307 e. The lowest BCUT2D eigenvalue weighted by atomic mass is 10.2. The molecule has 0 aliphatic heterocycles. The van der Waals surface area contributed by atoms with Gasteiger partial charge in [-0.1, -0.05) is 95.7 Å². The predicted molar refractivity (Wildman–Crippen MR) is 97.4 cm³/mol. The lowest BCUT2D eigenvalue weighted by molar-refractivity contribution is 1.14. The van der Waals surface area contributed by atoms with Gasteiger partial charge < -0.3 is 0 Å². The number of aryl methyl sites for hydroxylation is 1. The highest BCUT2D eigenvalue weighted by Gasteiger charge is 1.80. The number of benzene rings is 1. The van der Waals surface area contributed by atoms with Crippen LogP contribution >= 0.6 is 0 Å². The van der Waals surface area contributed by atoms with E-state index in [1.165, 1.54) is 11.1 Å². The molecule has 0 bridgehead atoms. The first-order valence-corrected chi connectivity index (χ1v) is 8.10. The molecule has 0 aliphatic rings. The number of allylic oxidation sites excluding steroid dienone is 4. The molecule has 0 saturated carbocycles. The molecule has 0 fully saturated rings. The van der Waals surface area contributed by atoms with Crippen molar-refractivity contribution in [2.75, 3.05) is 0 Å². The molecule has 0 aromatic heterocycles. The van der Waals surface area contributed by atoms with Crippen LogP contribution in [0.4, 0.5) is 0 Å². The van der Waals surface area contributed by atoms with Crippen LogP contribution in [-0.4, -0.2) is 0 Å². The molecule has 0 N–H and O–H groups in total. The van der Waals surface area contributed by atoms with Crippen molar-refractivity contribution in [1.29, 1.82) is 0 Å². The van der Waals surface area contributed by atoms with Crippen LogP contribution in [0.15, 0.2) is 54.1 Å². The average molecular weight is 277 g/mol. The summed E-state index contributed by atoms with van der Waals surface area (Å²) in [6.07, 6.45) is 8.63. The Hall–Kier alpha value is -1.30. The van der Waals surface area contributed by atoms with Gasteiger partial charge in [0, 0.05) is 0 Å². The minimum Gasteiger partial charge on any atom is -0.0874 e. The van der Waals surface area contributed by atoms with Gasteiger partial charge in [0.05, 0.1) is 0 Å². The fraction of sp³-hybridized carbons (Fsp3) is 0.500. The van der Waals surface area contributed by atoms with Gasteiger partial charge in [-0.15, -0.1) is 0 Å². The Morgan fingerprint density at radius 3 is 1.60 bits per heavy atom. The average Bonchev–Trinajstić information content (AvgIpc) is 2.57. The first kappa shape index (κ1) is 23.8. The van der Waals surface area contributed by atoms with Gasteiger partial charge in [-0.05, 0) is 32.3 Å². The minimum atomic E-state index is 1.14. The summed E-state index contributed by atoms with van der Waals surface area (Å²) in [5, 5.41) is 0. The Morgan fingerprint density at radius 2 is 1.40 bits per heavy atom. The molecule has 0 atom stereocenters. The molecular formula is C20H36. The van der Waals surface area contributed by atoms with E-state index < -0.39 is 0 Å². The fourth-order valence-electron chi connectivity index (χ4n) is 1.35. The first-order valence-electron chi connectivity index (χ1n) is 8.10. The predicted octanol–water partition coefficient (Wildman–Crippen LogP) is 7.22. The van der Waals surface area contributed by atoms with Crippen molar-refractivity contribution in [3.63, 3.8) is 0 Å². The van der Waals surface area contributed by atoms with Crippen molar-refractivity contribution in [3.8, 4) is 0 Å². The van der Waals surface area contributed by atoms with Crippen LogP contribution in [0.5, 0.6) is 0 Å². The van der Waals surface area contributed by atoms with Crippen molar-refractivity contribution >= 4 is 0 Å². The zero-order chi connectivity index (χ0) is 16.2. The normalized spacial score (nSPS) is 9.50. The summed E-state index contributed by atoms with van der Waals surface area (Å²) in [7, 11) is 0. The Labute approximate surface area is 128 Å². The third-order valence-electron chi connectivity index (χ3n) is 2.41. The molecule has 0 aliphatic carbocycles. The first-order chi connectivity index (χ1) is 9.78. The largest absolute Gasteiger partial charge is 0.0874 e. The van der Waals surface area contributed by atoms with E-state index in [1.807, 2.05) is 40.7 Å². The van der Waals surface area contributed by atoms with Gasteiger partial charge >= 0.3 is 0 Å². The molecular weight excluding hydrogens is 240 g/mol. The second kappa shape index (κ2) is 22.8. The second-order valence-corrected chi connectivity index (χ2v) is 3.56. The van der Waals surface area contributed by atoms with E-state index in [0.717, 1.165) is 12.8 Å². The number of hydrogen-bond donors (Lipinski definition) is 0. The molecule has 0 amide bonds. The quantitative estimate of drug-likeness (QED) is 0.511. The van der Waals surface area contributed by atoms with Crippen molar-refractivity contribution in [2.45, 2.75) is 68.2 Å². The summed E-state index contributed by atoms with van der Waals surface area (Å²) in [6, 6.07) is 10.5. The molecule has 0 heteroatoms.